The van der Waals surface area contributed by atoms with Gasteiger partial charge in [-0.2, -0.15) is 0 Å². The number of aliphatic imine (C=N–C) groups is 1. The first-order valence-electron chi connectivity index (χ1n) is 10.5. The summed E-state index contributed by atoms with van der Waals surface area (Å²) >= 11 is 0. The number of carbonyl (C=O) groups excluding carboxylic acids is 1. The minimum atomic E-state index is -0.591. The van der Waals surface area contributed by atoms with Gasteiger partial charge >= 0.3 is 0 Å². The largest absolute Gasteiger partial charge is 0.383 e. The Bertz CT molecular complexity index is 993. The summed E-state index contributed by atoms with van der Waals surface area (Å²) in [6, 6.07) is 5.51. The van der Waals surface area contributed by atoms with E-state index in [2.05, 4.69) is 20.7 Å². The van der Waals surface area contributed by atoms with Crippen molar-refractivity contribution in [3.05, 3.63) is 66.4 Å². The lowest BCUT2D eigenvalue weighted by molar-refractivity contribution is -0.114. The van der Waals surface area contributed by atoms with Crippen molar-refractivity contribution in [3.63, 3.8) is 0 Å². The molecule has 0 radical (unpaired) electrons. The van der Waals surface area contributed by atoms with E-state index in [4.69, 9.17) is 11.6 Å². The Labute approximate surface area is 198 Å². The number of pyridine rings is 1. The van der Waals surface area contributed by atoms with E-state index in [0.717, 1.165) is 0 Å². The molecule has 1 unspecified atom stereocenters. The molecule has 10 heteroatoms. The number of hydrogen-bond donors (Lipinski definition) is 4. The van der Waals surface area contributed by atoms with Crippen LogP contribution in [0.15, 0.2) is 60.0 Å². The van der Waals surface area contributed by atoms with Crippen LogP contribution in [-0.4, -0.2) is 29.9 Å². The van der Waals surface area contributed by atoms with Crippen LogP contribution in [0.2, 0.25) is 0 Å². The molecule has 0 aliphatic carbocycles. The fourth-order valence-corrected chi connectivity index (χ4v) is 2.69. The van der Waals surface area contributed by atoms with E-state index in [0.29, 0.717) is 36.6 Å². The summed E-state index contributed by atoms with van der Waals surface area (Å²) in [6.07, 6.45) is 7.34. The van der Waals surface area contributed by atoms with Crippen LogP contribution < -0.4 is 22.3 Å². The van der Waals surface area contributed by atoms with Crippen LogP contribution in [0, 0.1) is 5.82 Å². The van der Waals surface area contributed by atoms with Crippen LogP contribution in [0.5, 0.6) is 0 Å². The third-order valence-electron chi connectivity index (χ3n) is 4.13. The van der Waals surface area contributed by atoms with Gasteiger partial charge in [-0.15, -0.1) is 0 Å². The number of alkyl halides is 1. The van der Waals surface area contributed by atoms with Crippen LogP contribution in [0.3, 0.4) is 0 Å². The maximum atomic E-state index is 14.3. The van der Waals surface area contributed by atoms with E-state index in [1.165, 1.54) is 31.3 Å². The second-order valence-corrected chi connectivity index (χ2v) is 6.35. The van der Waals surface area contributed by atoms with Gasteiger partial charge in [-0.3, -0.25) is 14.2 Å². The first-order valence-corrected chi connectivity index (χ1v) is 10.5. The lowest BCUT2D eigenvalue weighted by atomic mass is 10.0. The minimum Gasteiger partial charge on any atom is -0.383 e. The van der Waals surface area contributed by atoms with Gasteiger partial charge in [0, 0.05) is 18.7 Å². The van der Waals surface area contributed by atoms with Crippen molar-refractivity contribution in [1.82, 2.24) is 10.4 Å². The quantitative estimate of drug-likeness (QED) is 0.146. The van der Waals surface area contributed by atoms with Gasteiger partial charge in [0.1, 0.15) is 17.5 Å². The lowest BCUT2D eigenvalue weighted by Gasteiger charge is -2.13. The molecule has 1 amide bonds. The summed E-state index contributed by atoms with van der Waals surface area (Å²) in [6.45, 7) is 7.15. The Morgan fingerprint density at radius 3 is 2.44 bits per heavy atom. The Morgan fingerprint density at radius 2 is 1.91 bits per heavy atom. The van der Waals surface area contributed by atoms with Gasteiger partial charge in [-0.05, 0) is 43.2 Å². The molecule has 186 valence electrons. The summed E-state index contributed by atoms with van der Waals surface area (Å²) in [4.78, 5) is 19.7. The molecule has 1 atom stereocenters. The molecule has 7 nitrogen and oxygen atoms in total. The molecule has 6 N–H and O–H groups in total. The zero-order valence-electron chi connectivity index (χ0n) is 20.1. The van der Waals surface area contributed by atoms with Gasteiger partial charge in [0.25, 0.3) is 0 Å². The lowest BCUT2D eigenvalue weighted by Crippen LogP contribution is -2.33. The Balaban J connectivity index is 0.00000258. The Kier molecular flexibility index (Phi) is 15.1. The van der Waals surface area contributed by atoms with Gasteiger partial charge in [0.2, 0.25) is 5.91 Å². The molecule has 0 saturated carbocycles. The highest BCUT2D eigenvalue weighted by Gasteiger charge is 2.14. The molecule has 2 aromatic rings. The van der Waals surface area contributed by atoms with Crippen molar-refractivity contribution in [2.75, 3.05) is 18.2 Å². The first kappa shape index (κ1) is 30.3. The molecule has 0 bridgehead atoms. The molecule has 0 aliphatic rings. The molecular formula is C24H33F3N6O. The number of allylic oxidation sites excluding steroid dienone is 1. The van der Waals surface area contributed by atoms with Crippen molar-refractivity contribution in [2.24, 2.45) is 10.8 Å². The molecule has 1 aromatic carbocycles. The van der Waals surface area contributed by atoms with Crippen LogP contribution in [0.4, 0.5) is 24.7 Å². The SMILES string of the molecule is C/C=C\CC(/C=C/F)N=C(NN)c1cc(-c2ccc(NC(C)=O)c(F)c2)cnc1N.CC.CF. The molecule has 0 spiro atoms. The minimum absolute atomic E-state index is 0.0746. The smallest absolute Gasteiger partial charge is 0.221 e. The normalized spacial score (nSPS) is 11.9. The van der Waals surface area contributed by atoms with E-state index in [-0.39, 0.29) is 23.2 Å². The number of nitrogens with zero attached hydrogens (tertiary/aromatic N) is 2. The summed E-state index contributed by atoms with van der Waals surface area (Å²) in [5.41, 5.74) is 10.00. The summed E-state index contributed by atoms with van der Waals surface area (Å²) in [7, 11) is 0.500. The van der Waals surface area contributed by atoms with Gasteiger partial charge in [-0.1, -0.05) is 32.1 Å². The second kappa shape index (κ2) is 16.9. The number of nitrogens with one attached hydrogen (secondary N) is 2. The molecule has 2 rings (SSSR count). The van der Waals surface area contributed by atoms with Crippen molar-refractivity contribution in [1.29, 1.82) is 0 Å². The molecule has 1 aromatic heterocycles. The average Bonchev–Trinajstić information content (AvgIpc) is 2.85. The third-order valence-corrected chi connectivity index (χ3v) is 4.13. The molecular weight excluding hydrogens is 445 g/mol. The molecule has 1 heterocycles. The van der Waals surface area contributed by atoms with E-state index in [9.17, 15) is 18.0 Å². The number of hydrazine groups is 1. The topological polar surface area (TPSA) is 118 Å². The van der Waals surface area contributed by atoms with Crippen LogP contribution in [0.25, 0.3) is 11.1 Å². The van der Waals surface area contributed by atoms with E-state index in [1.807, 2.05) is 32.9 Å². The molecule has 0 saturated heterocycles. The predicted octanol–water partition coefficient (Wildman–Crippen LogP) is 5.07. The number of rotatable bonds is 7. The van der Waals surface area contributed by atoms with E-state index in [1.54, 1.807) is 12.1 Å². The van der Waals surface area contributed by atoms with Gasteiger partial charge < -0.3 is 16.5 Å². The molecule has 34 heavy (non-hydrogen) atoms. The number of nitrogens with two attached hydrogens (primary N) is 2. The standard InChI is InChI=1S/C21H24F2N6O.C2H6.CH3F/c1-3-4-5-16(8-9-22)28-21(29-25)17-10-15(12-26-20(17)24)14-6-7-19(18(23)11-14)27-13(2)30;2*1-2/h3-4,6-12,16H,5,25H2,1-2H3,(H2,24,26)(H,27,30)(H,28,29);1-2H3;1H3/b4-3-,9-8+;;. The van der Waals surface area contributed by atoms with E-state index < -0.39 is 11.9 Å². The Hall–Kier alpha value is -3.66. The third kappa shape index (κ3) is 9.45. The number of nitrogen functional groups attached to an aromatic ring is 1. The monoisotopic (exact) mass is 478 g/mol. The average molecular weight is 479 g/mol. The number of amidine groups is 1. The summed E-state index contributed by atoms with van der Waals surface area (Å²) in [5.74, 6) is 5.03. The zero-order valence-corrected chi connectivity index (χ0v) is 20.1. The highest BCUT2D eigenvalue weighted by Crippen LogP contribution is 2.26. The van der Waals surface area contributed by atoms with Crippen molar-refractivity contribution in [2.45, 2.75) is 40.2 Å². The van der Waals surface area contributed by atoms with Gasteiger partial charge in [0.15, 0.2) is 0 Å². The summed E-state index contributed by atoms with van der Waals surface area (Å²) < 4.78 is 36.5. The number of benzene rings is 1. The number of halogens is 3. The predicted molar refractivity (Wildman–Crippen MR) is 134 cm³/mol. The van der Waals surface area contributed by atoms with Crippen LogP contribution >= 0.6 is 0 Å². The Morgan fingerprint density at radius 1 is 1.24 bits per heavy atom. The summed E-state index contributed by atoms with van der Waals surface area (Å²) in [5, 5.41) is 2.41. The van der Waals surface area contributed by atoms with Crippen molar-refractivity contribution < 1.29 is 18.0 Å². The number of aromatic nitrogens is 1. The highest BCUT2D eigenvalue weighted by atomic mass is 19.1. The van der Waals surface area contributed by atoms with Crippen LogP contribution in [-0.2, 0) is 4.79 Å². The first-order chi connectivity index (χ1) is 16.4. The van der Waals surface area contributed by atoms with Crippen molar-refractivity contribution in [3.8, 4) is 11.1 Å². The molecule has 0 fully saturated rings. The fourth-order valence-electron chi connectivity index (χ4n) is 2.69. The highest BCUT2D eigenvalue weighted by molar-refractivity contribution is 6.03. The maximum Gasteiger partial charge on any atom is 0.221 e. The fraction of sp³-hybridized carbons (Fsp3) is 0.292. The zero-order chi connectivity index (χ0) is 26.1. The number of anilines is 2. The van der Waals surface area contributed by atoms with Crippen LogP contribution in [0.1, 0.15) is 39.7 Å². The van der Waals surface area contributed by atoms with Gasteiger partial charge in [-0.25, -0.2) is 19.6 Å². The number of amides is 1. The van der Waals surface area contributed by atoms with Gasteiger partial charge in [0.05, 0.1) is 30.8 Å². The number of hydrogen-bond acceptors (Lipinski definition) is 5. The van der Waals surface area contributed by atoms with Crippen molar-refractivity contribution >= 4 is 23.2 Å². The molecule has 0 aliphatic heterocycles. The number of carbonyl (C=O) groups is 1. The maximum absolute atomic E-state index is 14.3. The van der Waals surface area contributed by atoms with E-state index >= 15 is 0 Å². The second-order valence-electron chi connectivity index (χ2n) is 6.35.